The first-order chi connectivity index (χ1) is 9.68. The van der Waals surface area contributed by atoms with Crippen LogP contribution in [0.25, 0.3) is 0 Å². The number of nitro groups is 1. The number of hydrogen-bond acceptors (Lipinski definition) is 6. The Bertz CT molecular complexity index is 709. The van der Waals surface area contributed by atoms with Gasteiger partial charge in [0.15, 0.2) is 5.75 Å². The van der Waals surface area contributed by atoms with Crippen molar-refractivity contribution in [3.63, 3.8) is 0 Å². The molecule has 21 heavy (non-hydrogen) atoms. The smallest absolute Gasteiger partial charge is 0.324 e. The van der Waals surface area contributed by atoms with Crippen LogP contribution in [0.2, 0.25) is 0 Å². The van der Waals surface area contributed by atoms with E-state index < -0.39 is 42.8 Å². The number of carboxylic acids is 1. The zero-order valence-corrected chi connectivity index (χ0v) is 11.5. The predicted octanol–water partition coefficient (Wildman–Crippen LogP) is 0.586. The van der Waals surface area contributed by atoms with Crippen molar-refractivity contribution in [1.29, 1.82) is 0 Å². The SMILES string of the molecule is O=C(O)C1(NS(=O)(=O)c2ccc(O)c([N+](=O)[O-])c2)CCC1. The number of nitro benzene ring substituents is 1. The van der Waals surface area contributed by atoms with E-state index >= 15 is 0 Å². The van der Waals surface area contributed by atoms with E-state index in [9.17, 15) is 28.4 Å². The molecule has 2 rings (SSSR count). The molecule has 0 saturated heterocycles. The van der Waals surface area contributed by atoms with Crippen LogP contribution in [0.15, 0.2) is 23.1 Å². The first kappa shape index (κ1) is 15.2. The molecule has 0 radical (unpaired) electrons. The molecule has 114 valence electrons. The van der Waals surface area contributed by atoms with Gasteiger partial charge in [0.25, 0.3) is 0 Å². The maximum Gasteiger partial charge on any atom is 0.324 e. The van der Waals surface area contributed by atoms with Crippen LogP contribution in [0, 0.1) is 10.1 Å². The van der Waals surface area contributed by atoms with Crippen molar-refractivity contribution >= 4 is 21.7 Å². The molecule has 0 amide bonds. The summed E-state index contributed by atoms with van der Waals surface area (Å²) in [5.74, 6) is -1.96. The largest absolute Gasteiger partial charge is 0.502 e. The van der Waals surface area contributed by atoms with E-state index in [4.69, 9.17) is 5.11 Å². The summed E-state index contributed by atoms with van der Waals surface area (Å²) in [5.41, 5.74) is -2.33. The van der Waals surface area contributed by atoms with E-state index in [1.165, 1.54) is 0 Å². The van der Waals surface area contributed by atoms with E-state index in [2.05, 4.69) is 4.72 Å². The third-order valence-electron chi connectivity index (χ3n) is 3.40. The molecule has 0 aliphatic heterocycles. The number of hydrogen-bond donors (Lipinski definition) is 3. The van der Waals surface area contributed by atoms with Gasteiger partial charge < -0.3 is 10.2 Å². The second-order valence-corrected chi connectivity index (χ2v) is 6.44. The number of phenols is 1. The number of aromatic hydroxyl groups is 1. The minimum Gasteiger partial charge on any atom is -0.502 e. The minimum absolute atomic E-state index is 0.155. The molecule has 1 aromatic rings. The number of nitrogens with one attached hydrogen (secondary N) is 1. The number of carboxylic acid groups (broad SMARTS) is 1. The van der Waals surface area contributed by atoms with Gasteiger partial charge in [-0.1, -0.05) is 0 Å². The number of aliphatic carboxylic acids is 1. The van der Waals surface area contributed by atoms with E-state index in [0.29, 0.717) is 12.5 Å². The summed E-state index contributed by atoms with van der Waals surface area (Å²) in [7, 11) is -4.24. The Hall–Kier alpha value is -2.20. The summed E-state index contributed by atoms with van der Waals surface area (Å²) in [6.07, 6.45) is 0.883. The lowest BCUT2D eigenvalue weighted by Gasteiger charge is -2.37. The van der Waals surface area contributed by atoms with Crippen LogP contribution in [0.3, 0.4) is 0 Å². The average Bonchev–Trinajstić information content (AvgIpc) is 2.33. The molecule has 1 aliphatic rings. The van der Waals surface area contributed by atoms with Crippen LogP contribution in [0.1, 0.15) is 19.3 Å². The Morgan fingerprint density at radius 1 is 1.38 bits per heavy atom. The standard InChI is InChI=1S/C11H12N2O7S/c14-9-3-2-7(6-8(9)13(17)18)21(19,20)12-11(10(15)16)4-1-5-11/h2-3,6,12,14H,1,4-5H2,(H,15,16). The number of carbonyl (C=O) groups is 1. The monoisotopic (exact) mass is 316 g/mol. The Balaban J connectivity index is 2.38. The quantitative estimate of drug-likeness (QED) is 0.532. The summed E-state index contributed by atoms with van der Waals surface area (Å²) in [5, 5.41) is 29.1. The molecule has 10 heteroatoms. The van der Waals surface area contributed by atoms with Crippen molar-refractivity contribution < 1.29 is 28.3 Å². The number of phenolic OH excluding ortho intramolecular Hbond substituents is 1. The van der Waals surface area contributed by atoms with Crippen LogP contribution in [0.5, 0.6) is 5.75 Å². The molecule has 0 aromatic heterocycles. The van der Waals surface area contributed by atoms with Gasteiger partial charge in [0.05, 0.1) is 9.82 Å². The molecule has 0 bridgehead atoms. The highest BCUT2D eigenvalue weighted by atomic mass is 32.2. The van der Waals surface area contributed by atoms with Gasteiger partial charge in [-0.2, -0.15) is 4.72 Å². The fourth-order valence-electron chi connectivity index (χ4n) is 2.02. The molecule has 1 fully saturated rings. The second-order valence-electron chi connectivity index (χ2n) is 4.75. The first-order valence-corrected chi connectivity index (χ1v) is 7.41. The van der Waals surface area contributed by atoms with Gasteiger partial charge in [0.1, 0.15) is 5.54 Å². The first-order valence-electron chi connectivity index (χ1n) is 5.93. The lowest BCUT2D eigenvalue weighted by Crippen LogP contribution is -2.58. The molecule has 0 atom stereocenters. The normalized spacial score (nSPS) is 17.0. The van der Waals surface area contributed by atoms with Gasteiger partial charge in [-0.3, -0.25) is 14.9 Å². The van der Waals surface area contributed by atoms with Gasteiger partial charge in [-0.05, 0) is 31.4 Å². The minimum atomic E-state index is -4.24. The van der Waals surface area contributed by atoms with Gasteiger partial charge >= 0.3 is 11.7 Å². The lowest BCUT2D eigenvalue weighted by molar-refractivity contribution is -0.386. The van der Waals surface area contributed by atoms with Crippen LogP contribution in [-0.2, 0) is 14.8 Å². The number of nitrogens with zero attached hydrogens (tertiary/aromatic N) is 1. The lowest BCUT2D eigenvalue weighted by atomic mass is 9.78. The summed E-state index contributed by atoms with van der Waals surface area (Å²) in [6.45, 7) is 0. The predicted molar refractivity (Wildman–Crippen MR) is 69.3 cm³/mol. The van der Waals surface area contributed by atoms with Crippen LogP contribution < -0.4 is 4.72 Å². The van der Waals surface area contributed by atoms with Crippen molar-refractivity contribution in [1.82, 2.24) is 4.72 Å². The van der Waals surface area contributed by atoms with Crippen molar-refractivity contribution in [2.24, 2.45) is 0 Å². The van der Waals surface area contributed by atoms with Crippen molar-refractivity contribution in [3.8, 4) is 5.75 Å². The summed E-state index contributed by atoms with van der Waals surface area (Å²) in [4.78, 5) is 20.5. The van der Waals surface area contributed by atoms with Crippen molar-refractivity contribution in [2.75, 3.05) is 0 Å². The van der Waals surface area contributed by atoms with Crippen LogP contribution in [0.4, 0.5) is 5.69 Å². The fourth-order valence-corrected chi connectivity index (χ4v) is 3.46. The zero-order chi connectivity index (χ0) is 15.8. The Morgan fingerprint density at radius 2 is 2.00 bits per heavy atom. The molecule has 3 N–H and O–H groups in total. The zero-order valence-electron chi connectivity index (χ0n) is 10.6. The topological polar surface area (TPSA) is 147 Å². The molecular formula is C11H12N2O7S. The summed E-state index contributed by atoms with van der Waals surface area (Å²) < 4.78 is 26.4. The maximum atomic E-state index is 12.2. The van der Waals surface area contributed by atoms with Gasteiger partial charge in [0, 0.05) is 6.07 Å². The van der Waals surface area contributed by atoms with Crippen molar-refractivity contribution in [2.45, 2.75) is 29.7 Å². The van der Waals surface area contributed by atoms with Crippen LogP contribution >= 0.6 is 0 Å². The maximum absolute atomic E-state index is 12.2. The highest BCUT2D eigenvalue weighted by Gasteiger charge is 2.47. The number of rotatable bonds is 5. The Kier molecular flexibility index (Phi) is 3.59. The molecule has 0 unspecified atom stereocenters. The Labute approximate surface area is 119 Å². The summed E-state index contributed by atoms with van der Waals surface area (Å²) in [6, 6.07) is 2.53. The van der Waals surface area contributed by atoms with Crippen LogP contribution in [-0.4, -0.2) is 35.1 Å². The average molecular weight is 316 g/mol. The van der Waals surface area contributed by atoms with Gasteiger partial charge in [-0.25, -0.2) is 8.42 Å². The third-order valence-corrected chi connectivity index (χ3v) is 4.93. The summed E-state index contributed by atoms with van der Waals surface area (Å²) >= 11 is 0. The van der Waals surface area contributed by atoms with Gasteiger partial charge in [-0.15, -0.1) is 0 Å². The molecule has 0 heterocycles. The van der Waals surface area contributed by atoms with E-state index in [1.54, 1.807) is 0 Å². The third kappa shape index (κ3) is 2.67. The number of sulfonamides is 1. The molecule has 9 nitrogen and oxygen atoms in total. The van der Waals surface area contributed by atoms with Gasteiger partial charge in [0.2, 0.25) is 10.0 Å². The fraction of sp³-hybridized carbons (Fsp3) is 0.364. The second kappa shape index (κ2) is 4.97. The Morgan fingerprint density at radius 3 is 2.43 bits per heavy atom. The van der Waals surface area contributed by atoms with Crippen molar-refractivity contribution in [3.05, 3.63) is 28.3 Å². The number of benzene rings is 1. The van der Waals surface area contributed by atoms with E-state index in [-0.39, 0.29) is 12.8 Å². The molecule has 0 spiro atoms. The highest BCUT2D eigenvalue weighted by molar-refractivity contribution is 7.89. The molecular weight excluding hydrogens is 304 g/mol. The molecule has 1 aliphatic carbocycles. The van der Waals surface area contributed by atoms with E-state index in [1.807, 2.05) is 0 Å². The molecule has 1 saturated carbocycles. The molecule has 1 aromatic carbocycles. The van der Waals surface area contributed by atoms with E-state index in [0.717, 1.165) is 12.1 Å². The highest BCUT2D eigenvalue weighted by Crippen LogP contribution is 2.35.